The van der Waals surface area contributed by atoms with Crippen molar-refractivity contribution in [3.63, 3.8) is 0 Å². The van der Waals surface area contributed by atoms with Crippen LogP contribution in [0.3, 0.4) is 0 Å². The molecule has 0 fully saturated rings. The number of hydrogen-bond donors (Lipinski definition) is 2. The van der Waals surface area contributed by atoms with Crippen LogP contribution in [0.2, 0.25) is 0 Å². The lowest BCUT2D eigenvalue weighted by atomic mass is 10.1. The van der Waals surface area contributed by atoms with E-state index in [1.165, 1.54) is 5.56 Å². The third-order valence-corrected chi connectivity index (χ3v) is 4.82. The molecular formula is C19H21Cl2N2O3P. The largest absolute Gasteiger partial charge is 1.00 e. The highest BCUT2D eigenvalue weighted by atomic mass is 35.5. The number of aryl methyl sites for hydroxylation is 2. The van der Waals surface area contributed by atoms with Crippen molar-refractivity contribution in [2.75, 3.05) is 6.16 Å². The molecule has 0 unspecified atom stereocenters. The maximum atomic E-state index is 10.9. The van der Waals surface area contributed by atoms with E-state index in [4.69, 9.17) is 9.79 Å². The van der Waals surface area contributed by atoms with Crippen LogP contribution in [-0.2, 0) is 11.1 Å². The SMILES string of the molecule is Cc1ccc(-[n+]2ccc(-c3cc[n+](CCP(=O)(O)O)cc3)cc2)cc1.[Cl-].[Cl-]. The highest BCUT2D eigenvalue weighted by molar-refractivity contribution is 7.51. The topological polar surface area (TPSA) is 65.3 Å². The van der Waals surface area contributed by atoms with Crippen LogP contribution in [0.15, 0.2) is 73.3 Å². The van der Waals surface area contributed by atoms with Gasteiger partial charge in [0.15, 0.2) is 31.3 Å². The molecule has 144 valence electrons. The molecule has 0 aliphatic heterocycles. The number of nitrogens with zero attached hydrogens (tertiary/aromatic N) is 2. The van der Waals surface area contributed by atoms with Gasteiger partial charge in [0, 0.05) is 36.4 Å². The molecule has 0 spiro atoms. The molecule has 2 heterocycles. The summed E-state index contributed by atoms with van der Waals surface area (Å²) in [6.45, 7) is 2.37. The third-order valence-electron chi connectivity index (χ3n) is 4.04. The van der Waals surface area contributed by atoms with Crippen LogP contribution in [0.5, 0.6) is 0 Å². The number of benzene rings is 1. The Morgan fingerprint density at radius 1 is 0.815 bits per heavy atom. The van der Waals surface area contributed by atoms with Crippen LogP contribution < -0.4 is 33.9 Å². The summed E-state index contributed by atoms with van der Waals surface area (Å²) in [6, 6.07) is 16.3. The zero-order valence-electron chi connectivity index (χ0n) is 14.7. The first-order valence-electron chi connectivity index (χ1n) is 8.03. The van der Waals surface area contributed by atoms with Gasteiger partial charge in [-0.3, -0.25) is 4.57 Å². The standard InChI is InChI=1S/C19H19N2O3P.2ClH/c1-16-2-4-19(5-3-16)21-12-8-18(9-13-21)17-6-10-20(11-7-17)14-15-25(22,23)24;;/h2-13H,14-15H2,1H3;2*1H. The number of halogens is 2. The van der Waals surface area contributed by atoms with E-state index in [1.807, 2.05) is 36.9 Å². The number of pyridine rings is 2. The minimum atomic E-state index is -3.96. The normalized spacial score (nSPS) is 10.6. The molecular weight excluding hydrogens is 406 g/mol. The van der Waals surface area contributed by atoms with E-state index >= 15 is 0 Å². The first-order chi connectivity index (χ1) is 11.9. The monoisotopic (exact) mass is 426 g/mol. The zero-order valence-corrected chi connectivity index (χ0v) is 17.1. The molecule has 8 heteroatoms. The van der Waals surface area contributed by atoms with Crippen molar-refractivity contribution in [1.82, 2.24) is 0 Å². The molecule has 2 aromatic heterocycles. The maximum absolute atomic E-state index is 10.9. The fourth-order valence-corrected chi connectivity index (χ4v) is 3.04. The quantitative estimate of drug-likeness (QED) is 0.327. The Bertz CT molecular complexity index is 896. The molecule has 0 aliphatic carbocycles. The lowest BCUT2D eigenvalue weighted by Gasteiger charge is -2.03. The summed E-state index contributed by atoms with van der Waals surface area (Å²) in [5.74, 6) is 0. The van der Waals surface area contributed by atoms with Crippen molar-refractivity contribution >= 4 is 7.60 Å². The Morgan fingerprint density at radius 3 is 1.78 bits per heavy atom. The van der Waals surface area contributed by atoms with Gasteiger partial charge in [0.1, 0.15) is 6.16 Å². The van der Waals surface area contributed by atoms with Crippen molar-refractivity contribution in [1.29, 1.82) is 0 Å². The van der Waals surface area contributed by atoms with Gasteiger partial charge in [-0.25, -0.2) is 4.57 Å². The third kappa shape index (κ3) is 6.73. The predicted molar refractivity (Wildman–Crippen MR) is 95.3 cm³/mol. The number of rotatable bonds is 5. The molecule has 0 saturated heterocycles. The first kappa shape index (κ1) is 23.3. The van der Waals surface area contributed by atoms with Gasteiger partial charge in [-0.05, 0) is 18.1 Å². The lowest BCUT2D eigenvalue weighted by Crippen LogP contribution is -3.00. The van der Waals surface area contributed by atoms with Gasteiger partial charge in [0.05, 0.1) is 0 Å². The zero-order chi connectivity index (χ0) is 17.9. The minimum Gasteiger partial charge on any atom is -1.00 e. The molecule has 2 N–H and O–H groups in total. The Kier molecular flexibility index (Phi) is 8.60. The minimum absolute atomic E-state index is 0. The number of hydrogen-bond acceptors (Lipinski definition) is 1. The van der Waals surface area contributed by atoms with Crippen molar-refractivity contribution in [2.45, 2.75) is 13.5 Å². The summed E-state index contributed by atoms with van der Waals surface area (Å²) in [5.41, 5.74) is 4.49. The molecule has 3 aromatic rings. The first-order valence-corrected chi connectivity index (χ1v) is 9.83. The number of aromatic nitrogens is 2. The van der Waals surface area contributed by atoms with E-state index in [9.17, 15) is 4.57 Å². The Balaban J connectivity index is 0.00000182. The molecule has 27 heavy (non-hydrogen) atoms. The van der Waals surface area contributed by atoms with Crippen molar-refractivity contribution in [3.8, 4) is 16.8 Å². The van der Waals surface area contributed by atoms with Gasteiger partial charge < -0.3 is 34.6 Å². The molecule has 5 nitrogen and oxygen atoms in total. The van der Waals surface area contributed by atoms with Crippen LogP contribution in [0.25, 0.3) is 16.8 Å². The van der Waals surface area contributed by atoms with Gasteiger partial charge >= 0.3 is 7.60 Å². The summed E-state index contributed by atoms with van der Waals surface area (Å²) in [4.78, 5) is 17.9. The highest BCUT2D eigenvalue weighted by Gasteiger charge is 2.16. The fraction of sp³-hybridized carbons (Fsp3) is 0.158. The van der Waals surface area contributed by atoms with Crippen molar-refractivity contribution in [2.24, 2.45) is 0 Å². The predicted octanol–water partition coefficient (Wildman–Crippen LogP) is -3.59. The van der Waals surface area contributed by atoms with Crippen LogP contribution in [-0.4, -0.2) is 15.9 Å². The Hall–Kier alpha value is -1.75. The van der Waals surface area contributed by atoms with Gasteiger partial charge in [-0.1, -0.05) is 17.7 Å². The molecule has 0 saturated carbocycles. The van der Waals surface area contributed by atoms with E-state index in [2.05, 4.69) is 47.9 Å². The van der Waals surface area contributed by atoms with Gasteiger partial charge in [0.25, 0.3) is 0 Å². The Morgan fingerprint density at radius 2 is 1.30 bits per heavy atom. The second kappa shape index (κ2) is 9.98. The van der Waals surface area contributed by atoms with Gasteiger partial charge in [-0.15, -0.1) is 0 Å². The maximum Gasteiger partial charge on any atom is 0.331 e. The van der Waals surface area contributed by atoms with Crippen LogP contribution >= 0.6 is 7.60 Å². The van der Waals surface area contributed by atoms with Crippen molar-refractivity contribution in [3.05, 3.63) is 78.9 Å². The molecule has 0 bridgehead atoms. The average molecular weight is 427 g/mol. The summed E-state index contributed by atoms with van der Waals surface area (Å²) in [6.07, 6.45) is 7.57. The fourth-order valence-electron chi connectivity index (χ4n) is 2.55. The summed E-state index contributed by atoms with van der Waals surface area (Å²) < 4.78 is 14.8. The van der Waals surface area contributed by atoms with E-state index in [0.29, 0.717) is 6.54 Å². The second-order valence-electron chi connectivity index (χ2n) is 6.04. The molecule has 0 radical (unpaired) electrons. The van der Waals surface area contributed by atoms with E-state index < -0.39 is 7.60 Å². The summed E-state index contributed by atoms with van der Waals surface area (Å²) in [7, 11) is -3.96. The second-order valence-corrected chi connectivity index (χ2v) is 7.82. The van der Waals surface area contributed by atoms with Gasteiger partial charge in [-0.2, -0.15) is 4.57 Å². The van der Waals surface area contributed by atoms with Crippen LogP contribution in [0.1, 0.15) is 5.56 Å². The Labute approximate surface area is 171 Å². The van der Waals surface area contributed by atoms with Gasteiger partial charge in [0.2, 0.25) is 5.69 Å². The average Bonchev–Trinajstić information content (AvgIpc) is 2.61. The van der Waals surface area contributed by atoms with E-state index in [1.54, 1.807) is 4.57 Å². The molecule has 0 atom stereocenters. The summed E-state index contributed by atoms with van der Waals surface area (Å²) in [5, 5.41) is 0. The molecule has 0 amide bonds. The summed E-state index contributed by atoms with van der Waals surface area (Å²) >= 11 is 0. The highest BCUT2D eigenvalue weighted by Crippen LogP contribution is 2.33. The smallest absolute Gasteiger partial charge is 0.331 e. The van der Waals surface area contributed by atoms with E-state index in [0.717, 1.165) is 16.8 Å². The molecule has 3 rings (SSSR count). The molecule has 0 aliphatic rings. The molecule has 1 aromatic carbocycles. The van der Waals surface area contributed by atoms with Crippen molar-refractivity contribution < 1.29 is 48.3 Å². The lowest BCUT2D eigenvalue weighted by molar-refractivity contribution is -0.692. The van der Waals surface area contributed by atoms with Crippen LogP contribution in [0.4, 0.5) is 0 Å². The van der Waals surface area contributed by atoms with E-state index in [-0.39, 0.29) is 31.0 Å². The van der Waals surface area contributed by atoms with Crippen LogP contribution in [0, 0.1) is 6.92 Å².